The quantitative estimate of drug-likeness (QED) is 0.837. The number of carbonyl (C=O) groups excluding carboxylic acids is 1. The minimum absolute atomic E-state index is 0.0325. The highest BCUT2D eigenvalue weighted by atomic mass is 79.9. The van der Waals surface area contributed by atoms with E-state index in [0.717, 1.165) is 15.6 Å². The van der Waals surface area contributed by atoms with E-state index in [1.165, 1.54) is 7.11 Å². The van der Waals surface area contributed by atoms with Crippen molar-refractivity contribution in [3.05, 3.63) is 52.0 Å². The fourth-order valence-corrected chi connectivity index (χ4v) is 2.59. The molecule has 0 radical (unpaired) electrons. The predicted octanol–water partition coefficient (Wildman–Crippen LogP) is 3.07. The molecule has 0 saturated heterocycles. The molecule has 0 aromatic heterocycles. The first-order valence-electron chi connectivity index (χ1n) is 6.98. The lowest BCUT2D eigenvalue weighted by atomic mass is 10.1. The van der Waals surface area contributed by atoms with Gasteiger partial charge < -0.3 is 19.8 Å². The van der Waals surface area contributed by atoms with Crippen molar-refractivity contribution >= 4 is 21.8 Å². The van der Waals surface area contributed by atoms with Crippen molar-refractivity contribution < 1.29 is 19.7 Å². The Balaban J connectivity index is 2.06. The number of hydrogen-bond acceptors (Lipinski definition) is 4. The maximum Gasteiger partial charge on any atom is 0.227 e. The average molecular weight is 380 g/mol. The van der Waals surface area contributed by atoms with Gasteiger partial charge in [-0.2, -0.15) is 0 Å². The number of rotatable bonds is 5. The summed E-state index contributed by atoms with van der Waals surface area (Å²) in [5.41, 5.74) is 1.61. The third-order valence-electron chi connectivity index (χ3n) is 3.47. The van der Waals surface area contributed by atoms with E-state index in [1.54, 1.807) is 48.3 Å². The summed E-state index contributed by atoms with van der Waals surface area (Å²) in [6.07, 6.45) is 0.247. The molecule has 23 heavy (non-hydrogen) atoms. The minimum atomic E-state index is -0.0575. The van der Waals surface area contributed by atoms with Crippen molar-refractivity contribution in [1.82, 2.24) is 4.90 Å². The molecule has 0 aliphatic rings. The van der Waals surface area contributed by atoms with E-state index in [2.05, 4.69) is 15.9 Å². The van der Waals surface area contributed by atoms with E-state index in [1.807, 2.05) is 0 Å². The molecule has 0 atom stereocenters. The molecule has 1 amide bonds. The second-order valence-electron chi connectivity index (χ2n) is 5.21. The molecular formula is C17H18BrNO4. The van der Waals surface area contributed by atoms with Gasteiger partial charge in [-0.1, -0.05) is 28.1 Å². The number of amides is 1. The molecule has 122 valence electrons. The number of methoxy groups -OCH3 is 1. The van der Waals surface area contributed by atoms with Gasteiger partial charge in [-0.15, -0.1) is 0 Å². The third kappa shape index (κ3) is 4.39. The van der Waals surface area contributed by atoms with E-state index >= 15 is 0 Å². The zero-order valence-corrected chi connectivity index (χ0v) is 14.5. The molecule has 6 heteroatoms. The van der Waals surface area contributed by atoms with Crippen molar-refractivity contribution in [1.29, 1.82) is 0 Å². The SMILES string of the molecule is COc1cc(Br)c(CN(C)C(=O)Cc2ccc(O)cc2)cc1O. The number of phenols is 2. The Morgan fingerprint density at radius 3 is 2.48 bits per heavy atom. The number of ether oxygens (including phenoxy) is 1. The number of nitrogens with zero attached hydrogens (tertiary/aromatic N) is 1. The Kier molecular flexibility index (Phi) is 5.50. The Labute approximate surface area is 143 Å². The number of likely N-dealkylation sites (N-methyl/N-ethyl adjacent to an activating group) is 1. The second kappa shape index (κ2) is 7.37. The number of phenolic OH excluding ortho intramolecular Hbond substituents is 2. The molecule has 0 aliphatic heterocycles. The van der Waals surface area contributed by atoms with Gasteiger partial charge in [0.2, 0.25) is 5.91 Å². The van der Waals surface area contributed by atoms with Gasteiger partial charge in [0.15, 0.2) is 11.5 Å². The van der Waals surface area contributed by atoms with Crippen LogP contribution in [0, 0.1) is 0 Å². The number of hydrogen-bond donors (Lipinski definition) is 2. The first-order valence-corrected chi connectivity index (χ1v) is 7.77. The molecule has 0 fully saturated rings. The monoisotopic (exact) mass is 379 g/mol. The van der Waals surface area contributed by atoms with Gasteiger partial charge in [-0.3, -0.25) is 4.79 Å². The van der Waals surface area contributed by atoms with Gasteiger partial charge in [0, 0.05) is 18.1 Å². The Morgan fingerprint density at radius 2 is 1.87 bits per heavy atom. The van der Waals surface area contributed by atoms with Crippen LogP contribution in [-0.4, -0.2) is 35.2 Å². The Hall–Kier alpha value is -2.21. The fraction of sp³-hybridized carbons (Fsp3) is 0.235. The average Bonchev–Trinajstić information content (AvgIpc) is 2.52. The summed E-state index contributed by atoms with van der Waals surface area (Å²) in [5.74, 6) is 0.522. The fourth-order valence-electron chi connectivity index (χ4n) is 2.14. The van der Waals surface area contributed by atoms with Crippen molar-refractivity contribution in [2.45, 2.75) is 13.0 Å². The second-order valence-corrected chi connectivity index (χ2v) is 6.06. The summed E-state index contributed by atoms with van der Waals surface area (Å²) < 4.78 is 5.80. The molecule has 0 aliphatic carbocycles. The Bertz CT molecular complexity index is 700. The Morgan fingerprint density at radius 1 is 1.22 bits per heavy atom. The maximum atomic E-state index is 12.3. The number of carbonyl (C=O) groups is 1. The number of aromatic hydroxyl groups is 2. The van der Waals surface area contributed by atoms with Crippen molar-refractivity contribution in [3.63, 3.8) is 0 Å². The van der Waals surface area contributed by atoms with Crippen LogP contribution in [0.1, 0.15) is 11.1 Å². The zero-order chi connectivity index (χ0) is 17.0. The van der Waals surface area contributed by atoms with Crippen molar-refractivity contribution in [2.75, 3.05) is 14.2 Å². The van der Waals surface area contributed by atoms with Gasteiger partial charge in [0.1, 0.15) is 5.75 Å². The molecule has 0 unspecified atom stereocenters. The van der Waals surface area contributed by atoms with Crippen LogP contribution in [0.3, 0.4) is 0 Å². The molecule has 2 N–H and O–H groups in total. The first-order chi connectivity index (χ1) is 10.9. The lowest BCUT2D eigenvalue weighted by Gasteiger charge is -2.19. The van der Waals surface area contributed by atoms with E-state index in [4.69, 9.17) is 4.74 Å². The smallest absolute Gasteiger partial charge is 0.227 e. The van der Waals surface area contributed by atoms with E-state index in [9.17, 15) is 15.0 Å². The van der Waals surface area contributed by atoms with Crippen LogP contribution in [0.4, 0.5) is 0 Å². The molecule has 5 nitrogen and oxygen atoms in total. The lowest BCUT2D eigenvalue weighted by molar-refractivity contribution is -0.129. The number of benzene rings is 2. The van der Waals surface area contributed by atoms with E-state index in [-0.39, 0.29) is 23.8 Å². The summed E-state index contributed by atoms with van der Waals surface area (Å²) in [4.78, 5) is 13.9. The van der Waals surface area contributed by atoms with E-state index in [0.29, 0.717) is 12.3 Å². The molecule has 0 spiro atoms. The van der Waals surface area contributed by atoms with Crippen LogP contribution in [0.5, 0.6) is 17.2 Å². The van der Waals surface area contributed by atoms with Gasteiger partial charge in [-0.25, -0.2) is 0 Å². The van der Waals surface area contributed by atoms with Crippen LogP contribution in [-0.2, 0) is 17.8 Å². The predicted molar refractivity (Wildman–Crippen MR) is 90.6 cm³/mol. The first kappa shape index (κ1) is 17.1. The van der Waals surface area contributed by atoms with Gasteiger partial charge in [0.05, 0.1) is 13.5 Å². The standard InChI is InChI=1S/C17H18BrNO4/c1-19(17(22)7-11-3-5-13(20)6-4-11)10-12-8-15(21)16(23-2)9-14(12)18/h3-6,8-9,20-21H,7,10H2,1-2H3. The zero-order valence-electron chi connectivity index (χ0n) is 12.9. The van der Waals surface area contributed by atoms with Crippen LogP contribution >= 0.6 is 15.9 Å². The minimum Gasteiger partial charge on any atom is -0.508 e. The maximum absolute atomic E-state index is 12.3. The summed E-state index contributed by atoms with van der Waals surface area (Å²) in [7, 11) is 3.19. The van der Waals surface area contributed by atoms with Gasteiger partial charge in [0.25, 0.3) is 0 Å². The summed E-state index contributed by atoms with van der Waals surface area (Å²) in [6.45, 7) is 0.356. The highest BCUT2D eigenvalue weighted by molar-refractivity contribution is 9.10. The highest BCUT2D eigenvalue weighted by Gasteiger charge is 2.14. The van der Waals surface area contributed by atoms with E-state index < -0.39 is 0 Å². The third-order valence-corrected chi connectivity index (χ3v) is 4.21. The summed E-state index contributed by atoms with van der Waals surface area (Å²) in [5, 5.41) is 19.1. The van der Waals surface area contributed by atoms with Crippen LogP contribution in [0.25, 0.3) is 0 Å². The normalized spacial score (nSPS) is 10.4. The topological polar surface area (TPSA) is 70.0 Å². The largest absolute Gasteiger partial charge is 0.508 e. The number of halogens is 1. The van der Waals surface area contributed by atoms with Gasteiger partial charge in [-0.05, 0) is 35.4 Å². The highest BCUT2D eigenvalue weighted by Crippen LogP contribution is 2.32. The molecule has 0 bridgehead atoms. The molecule has 0 saturated carbocycles. The van der Waals surface area contributed by atoms with Crippen LogP contribution < -0.4 is 4.74 Å². The van der Waals surface area contributed by atoms with Crippen LogP contribution in [0.15, 0.2) is 40.9 Å². The lowest BCUT2D eigenvalue weighted by Crippen LogP contribution is -2.27. The summed E-state index contributed by atoms with van der Waals surface area (Å²) in [6, 6.07) is 9.80. The van der Waals surface area contributed by atoms with Crippen molar-refractivity contribution in [3.8, 4) is 17.2 Å². The molecule has 0 heterocycles. The summed E-state index contributed by atoms with van der Waals surface area (Å²) >= 11 is 3.42. The van der Waals surface area contributed by atoms with Crippen molar-refractivity contribution in [2.24, 2.45) is 0 Å². The molecular weight excluding hydrogens is 362 g/mol. The molecule has 2 aromatic carbocycles. The van der Waals surface area contributed by atoms with Crippen LogP contribution in [0.2, 0.25) is 0 Å². The van der Waals surface area contributed by atoms with Gasteiger partial charge >= 0.3 is 0 Å². The molecule has 2 rings (SSSR count). The molecule has 2 aromatic rings.